The van der Waals surface area contributed by atoms with Crippen LogP contribution in [-0.2, 0) is 10.0 Å². The zero-order chi connectivity index (χ0) is 21.0. The number of carbonyl (C=O) groups is 1. The van der Waals surface area contributed by atoms with Crippen molar-refractivity contribution in [1.29, 1.82) is 0 Å². The van der Waals surface area contributed by atoms with Crippen molar-refractivity contribution in [2.24, 2.45) is 0 Å². The van der Waals surface area contributed by atoms with Crippen molar-refractivity contribution in [3.05, 3.63) is 40.3 Å². The summed E-state index contributed by atoms with van der Waals surface area (Å²) in [5.74, 6) is -1.19. The highest BCUT2D eigenvalue weighted by atomic mass is 32.2. The molecule has 1 atom stereocenters. The number of hydrogen-bond acceptors (Lipinski definition) is 5. The average Bonchev–Trinajstić information content (AvgIpc) is 3.22. The van der Waals surface area contributed by atoms with Crippen molar-refractivity contribution < 1.29 is 18.3 Å². The molecule has 0 amide bonds. The lowest BCUT2D eigenvalue weighted by atomic mass is 10.1. The first kappa shape index (κ1) is 19.3. The lowest BCUT2D eigenvalue weighted by Crippen LogP contribution is -2.42. The smallest absolute Gasteiger partial charge is 0.337 e. The van der Waals surface area contributed by atoms with Crippen LogP contribution in [0.4, 0.5) is 0 Å². The van der Waals surface area contributed by atoms with Gasteiger partial charge in [0.15, 0.2) is 0 Å². The Morgan fingerprint density at radius 3 is 2.70 bits per heavy atom. The molecule has 0 spiro atoms. The molecule has 2 fully saturated rings. The molecule has 30 heavy (non-hydrogen) atoms. The van der Waals surface area contributed by atoms with Gasteiger partial charge in [0, 0.05) is 41.1 Å². The minimum Gasteiger partial charge on any atom is -0.478 e. The number of aromatic nitrogens is 2. The molecule has 1 saturated heterocycles. The predicted molar refractivity (Wildman–Crippen MR) is 111 cm³/mol. The first-order chi connectivity index (χ1) is 14.4. The van der Waals surface area contributed by atoms with Crippen LogP contribution >= 0.6 is 0 Å². The second-order valence-corrected chi connectivity index (χ2v) is 9.91. The number of carboxylic acid groups (broad SMARTS) is 1. The molecule has 158 valence electrons. The molecule has 5 rings (SSSR count). The van der Waals surface area contributed by atoms with Crippen molar-refractivity contribution in [2.45, 2.75) is 42.7 Å². The van der Waals surface area contributed by atoms with E-state index in [2.05, 4.69) is 15.3 Å². The highest BCUT2D eigenvalue weighted by molar-refractivity contribution is 7.89. The Bertz CT molecular complexity index is 1320. The summed E-state index contributed by atoms with van der Waals surface area (Å²) in [5.41, 5.74) is -0.00925. The number of H-pyrrole nitrogens is 2. The van der Waals surface area contributed by atoms with Gasteiger partial charge < -0.3 is 20.4 Å². The van der Waals surface area contributed by atoms with Gasteiger partial charge in [0.1, 0.15) is 5.52 Å². The third-order valence-corrected chi connectivity index (χ3v) is 7.88. The zero-order valence-electron chi connectivity index (χ0n) is 16.1. The summed E-state index contributed by atoms with van der Waals surface area (Å²) in [5, 5.41) is 13.5. The molecule has 1 saturated carbocycles. The Morgan fingerprint density at radius 2 is 2.03 bits per heavy atom. The first-order valence-electron chi connectivity index (χ1n) is 10.0. The molecule has 0 radical (unpaired) electrons. The largest absolute Gasteiger partial charge is 0.478 e. The van der Waals surface area contributed by atoms with Crippen LogP contribution < -0.4 is 10.9 Å². The van der Waals surface area contributed by atoms with Crippen molar-refractivity contribution in [3.8, 4) is 0 Å². The number of fused-ring (bicyclic) bond motifs is 3. The molecule has 0 unspecified atom stereocenters. The third-order valence-electron chi connectivity index (χ3n) is 5.97. The first-order valence-corrected chi connectivity index (χ1v) is 11.5. The average molecular weight is 430 g/mol. The summed E-state index contributed by atoms with van der Waals surface area (Å²) in [7, 11) is -3.77. The second kappa shape index (κ2) is 6.93. The highest BCUT2D eigenvalue weighted by Gasteiger charge is 2.39. The fraction of sp³-hybridized carbons (Fsp3) is 0.400. The van der Waals surface area contributed by atoms with Gasteiger partial charge in [0.25, 0.3) is 5.56 Å². The normalized spacial score (nSPS) is 19.8. The molecule has 1 aliphatic heterocycles. The minimum absolute atomic E-state index is 0.00513. The van der Waals surface area contributed by atoms with E-state index in [1.54, 1.807) is 4.31 Å². The molecule has 3 aromatic rings. The predicted octanol–water partition coefficient (Wildman–Crippen LogP) is 1.61. The maximum Gasteiger partial charge on any atom is 0.337 e. The SMILES string of the molecule is O=C(O)c1c[nH]c2c(=O)[nH]c3ccc(S(=O)(=O)N(C[C@H]4CCCN4)C4CC4)cc3c12. The molecule has 10 heteroatoms. The van der Waals surface area contributed by atoms with E-state index in [0.717, 1.165) is 32.2 Å². The number of benzene rings is 1. The third kappa shape index (κ3) is 3.11. The van der Waals surface area contributed by atoms with Crippen molar-refractivity contribution >= 4 is 37.8 Å². The quantitative estimate of drug-likeness (QED) is 0.469. The minimum atomic E-state index is -3.77. The molecule has 4 N–H and O–H groups in total. The van der Waals surface area contributed by atoms with Crippen LogP contribution in [0.1, 0.15) is 36.0 Å². The maximum atomic E-state index is 13.5. The summed E-state index contributed by atoms with van der Waals surface area (Å²) in [4.78, 5) is 29.4. The zero-order valence-corrected chi connectivity index (χ0v) is 17.0. The molecular weight excluding hydrogens is 408 g/mol. The van der Waals surface area contributed by atoms with E-state index in [1.807, 2.05) is 0 Å². The van der Waals surface area contributed by atoms with Gasteiger partial charge in [-0.3, -0.25) is 4.79 Å². The maximum absolute atomic E-state index is 13.5. The van der Waals surface area contributed by atoms with Gasteiger partial charge >= 0.3 is 5.97 Å². The number of rotatable bonds is 6. The summed E-state index contributed by atoms with van der Waals surface area (Å²) < 4.78 is 28.6. The van der Waals surface area contributed by atoms with Gasteiger partial charge in [0.2, 0.25) is 10.0 Å². The Hall–Kier alpha value is -2.69. The second-order valence-electron chi connectivity index (χ2n) is 8.02. The number of aromatic carboxylic acids is 1. The summed E-state index contributed by atoms with van der Waals surface area (Å²) in [6.07, 6.45) is 4.93. The summed E-state index contributed by atoms with van der Waals surface area (Å²) in [6.45, 7) is 1.33. The van der Waals surface area contributed by atoms with Gasteiger partial charge in [0.05, 0.1) is 10.5 Å². The van der Waals surface area contributed by atoms with Crippen LogP contribution in [0.5, 0.6) is 0 Å². The lowest BCUT2D eigenvalue weighted by Gasteiger charge is -2.25. The molecule has 1 aliphatic carbocycles. The van der Waals surface area contributed by atoms with Gasteiger partial charge in [-0.15, -0.1) is 0 Å². The van der Waals surface area contributed by atoms with Crippen LogP contribution in [0.25, 0.3) is 21.8 Å². The standard InChI is InChI=1S/C20H22N4O5S/c25-19-18-17(15(9-22-18)20(26)27)14-8-13(5-6-16(14)23-19)30(28,29)24(12-3-4-12)10-11-2-1-7-21-11/h5-6,8-9,11-12,21-22H,1-4,7,10H2,(H,23,25)(H,26,27)/t11-/m1/s1. The molecular formula is C20H22N4O5S. The fourth-order valence-electron chi connectivity index (χ4n) is 4.31. The van der Waals surface area contributed by atoms with E-state index in [9.17, 15) is 23.1 Å². The van der Waals surface area contributed by atoms with Gasteiger partial charge in [-0.25, -0.2) is 13.2 Å². The summed E-state index contributed by atoms with van der Waals surface area (Å²) >= 11 is 0. The van der Waals surface area contributed by atoms with E-state index >= 15 is 0 Å². The number of aromatic amines is 2. The van der Waals surface area contributed by atoms with Crippen LogP contribution in [0.3, 0.4) is 0 Å². The molecule has 3 heterocycles. The van der Waals surface area contributed by atoms with Crippen LogP contribution in [0.2, 0.25) is 0 Å². The number of sulfonamides is 1. The molecule has 2 aromatic heterocycles. The molecule has 0 bridgehead atoms. The van der Waals surface area contributed by atoms with E-state index in [4.69, 9.17) is 0 Å². The van der Waals surface area contributed by atoms with Gasteiger partial charge in [-0.1, -0.05) is 0 Å². The summed E-state index contributed by atoms with van der Waals surface area (Å²) in [6, 6.07) is 4.63. The fourth-order valence-corrected chi connectivity index (χ4v) is 6.06. The Morgan fingerprint density at radius 1 is 1.23 bits per heavy atom. The van der Waals surface area contributed by atoms with Gasteiger partial charge in [-0.05, 0) is 50.4 Å². The molecule has 2 aliphatic rings. The molecule has 9 nitrogen and oxygen atoms in total. The van der Waals surface area contributed by atoms with E-state index in [0.29, 0.717) is 17.4 Å². The highest BCUT2D eigenvalue weighted by Crippen LogP contribution is 2.34. The van der Waals surface area contributed by atoms with Crippen LogP contribution in [0, 0.1) is 0 Å². The van der Waals surface area contributed by atoms with Crippen molar-refractivity contribution in [3.63, 3.8) is 0 Å². The van der Waals surface area contributed by atoms with Crippen molar-refractivity contribution in [2.75, 3.05) is 13.1 Å². The molecule has 1 aromatic carbocycles. The number of hydrogen-bond donors (Lipinski definition) is 4. The topological polar surface area (TPSA) is 135 Å². The Labute approximate surface area is 172 Å². The number of nitrogens with one attached hydrogen (secondary N) is 3. The van der Waals surface area contributed by atoms with Crippen LogP contribution in [-0.4, -0.2) is 58.9 Å². The number of pyridine rings is 1. The van der Waals surface area contributed by atoms with Crippen LogP contribution in [0.15, 0.2) is 34.1 Å². The Balaban J connectivity index is 1.65. The Kier molecular flexibility index (Phi) is 4.46. The van der Waals surface area contributed by atoms with Gasteiger partial charge in [-0.2, -0.15) is 4.31 Å². The number of carboxylic acids is 1. The number of nitrogens with zero attached hydrogens (tertiary/aromatic N) is 1. The van der Waals surface area contributed by atoms with E-state index in [1.165, 1.54) is 24.4 Å². The monoisotopic (exact) mass is 430 g/mol. The van der Waals surface area contributed by atoms with E-state index < -0.39 is 21.6 Å². The lowest BCUT2D eigenvalue weighted by molar-refractivity contribution is 0.0699. The van der Waals surface area contributed by atoms with E-state index in [-0.39, 0.29) is 33.4 Å². The van der Waals surface area contributed by atoms with Crippen molar-refractivity contribution in [1.82, 2.24) is 19.6 Å².